The molecule has 5 nitrogen and oxygen atoms in total. The highest BCUT2D eigenvalue weighted by Gasteiger charge is 2.17. The minimum Gasteiger partial charge on any atom is -0.370 e. The van der Waals surface area contributed by atoms with Crippen molar-refractivity contribution in [3.63, 3.8) is 0 Å². The first-order chi connectivity index (χ1) is 8.75. The third-order valence-electron chi connectivity index (χ3n) is 3.39. The van der Waals surface area contributed by atoms with Gasteiger partial charge >= 0.3 is 0 Å². The highest BCUT2D eigenvalue weighted by Crippen LogP contribution is 2.14. The quantitative estimate of drug-likeness (QED) is 0.378. The number of guanidine groups is 1. The monoisotopic (exact) mass is 377 g/mol. The van der Waals surface area contributed by atoms with Gasteiger partial charge in [0.1, 0.15) is 0 Å². The summed E-state index contributed by atoms with van der Waals surface area (Å²) in [5, 5.41) is 0. The maximum atomic E-state index is 6.03. The van der Waals surface area contributed by atoms with E-state index in [9.17, 15) is 0 Å². The second-order valence-corrected chi connectivity index (χ2v) is 5.09. The van der Waals surface area contributed by atoms with E-state index in [2.05, 4.69) is 26.4 Å². The molecule has 1 aromatic heterocycles. The van der Waals surface area contributed by atoms with E-state index < -0.39 is 0 Å². The van der Waals surface area contributed by atoms with Crippen molar-refractivity contribution in [2.45, 2.75) is 32.7 Å². The van der Waals surface area contributed by atoms with Crippen LogP contribution in [0.15, 0.2) is 23.7 Å². The number of hydrogen-bond donors (Lipinski definition) is 1. The Bertz CT molecular complexity index is 376. The van der Waals surface area contributed by atoms with Gasteiger partial charge in [0.05, 0.1) is 6.33 Å². The zero-order chi connectivity index (χ0) is 12.8. The van der Waals surface area contributed by atoms with Gasteiger partial charge in [-0.15, -0.1) is 24.0 Å². The Balaban J connectivity index is 0.00000180. The van der Waals surface area contributed by atoms with Crippen LogP contribution in [0.1, 0.15) is 26.2 Å². The maximum absolute atomic E-state index is 6.03. The van der Waals surface area contributed by atoms with E-state index in [4.69, 9.17) is 5.73 Å². The maximum Gasteiger partial charge on any atom is 0.191 e. The molecule has 0 aliphatic carbocycles. The van der Waals surface area contributed by atoms with Crippen molar-refractivity contribution in [1.82, 2.24) is 14.5 Å². The molecule has 19 heavy (non-hydrogen) atoms. The van der Waals surface area contributed by atoms with Crippen molar-refractivity contribution < 1.29 is 0 Å². The van der Waals surface area contributed by atoms with E-state index in [1.165, 1.54) is 12.8 Å². The van der Waals surface area contributed by atoms with Gasteiger partial charge in [-0.1, -0.05) is 6.92 Å². The molecule has 1 fully saturated rings. The zero-order valence-corrected chi connectivity index (χ0v) is 13.9. The number of aromatic nitrogens is 2. The fourth-order valence-electron chi connectivity index (χ4n) is 2.36. The summed E-state index contributed by atoms with van der Waals surface area (Å²) in [5.74, 6) is 1.45. The number of hydrogen-bond acceptors (Lipinski definition) is 2. The number of halogens is 1. The molecule has 1 unspecified atom stereocenters. The summed E-state index contributed by atoms with van der Waals surface area (Å²) in [7, 11) is 0. The number of rotatable bonds is 4. The Hall–Kier alpha value is -0.790. The van der Waals surface area contributed by atoms with Crippen molar-refractivity contribution in [2.75, 3.05) is 19.6 Å². The summed E-state index contributed by atoms with van der Waals surface area (Å²) >= 11 is 0. The van der Waals surface area contributed by atoms with E-state index in [1.54, 1.807) is 6.20 Å². The summed E-state index contributed by atoms with van der Waals surface area (Å²) < 4.78 is 2.06. The lowest BCUT2D eigenvalue weighted by molar-refractivity contribution is 0.270. The van der Waals surface area contributed by atoms with Crippen LogP contribution >= 0.6 is 24.0 Å². The second kappa shape index (κ2) is 8.39. The van der Waals surface area contributed by atoms with Crippen molar-refractivity contribution >= 4 is 29.9 Å². The number of nitrogens with two attached hydrogens (primary N) is 1. The van der Waals surface area contributed by atoms with Crippen LogP contribution in [0.4, 0.5) is 0 Å². The third-order valence-corrected chi connectivity index (χ3v) is 3.39. The first-order valence-electron chi connectivity index (χ1n) is 6.76. The lowest BCUT2D eigenvalue weighted by Gasteiger charge is -2.31. The van der Waals surface area contributed by atoms with E-state index in [1.807, 2.05) is 12.5 Å². The van der Waals surface area contributed by atoms with Gasteiger partial charge in [0, 0.05) is 38.6 Å². The Labute approximate surface area is 132 Å². The van der Waals surface area contributed by atoms with Gasteiger partial charge in [0.25, 0.3) is 0 Å². The highest BCUT2D eigenvalue weighted by molar-refractivity contribution is 14.0. The predicted molar refractivity (Wildman–Crippen MR) is 88.7 cm³/mol. The SMILES string of the molecule is CC1CCCN(C(N)=NCCCn2ccnc2)C1.I. The number of aryl methyl sites for hydroxylation is 1. The molecule has 0 radical (unpaired) electrons. The molecule has 6 heteroatoms. The summed E-state index contributed by atoms with van der Waals surface area (Å²) in [6.07, 6.45) is 9.14. The average Bonchev–Trinajstić information content (AvgIpc) is 2.87. The molecule has 1 aliphatic rings. The number of aliphatic imine (C=N–C) groups is 1. The normalized spacial score (nSPS) is 20.2. The number of nitrogens with zero attached hydrogens (tertiary/aromatic N) is 4. The largest absolute Gasteiger partial charge is 0.370 e. The van der Waals surface area contributed by atoms with Crippen LogP contribution in [0.5, 0.6) is 0 Å². The van der Waals surface area contributed by atoms with Crippen LogP contribution in [0.2, 0.25) is 0 Å². The molecule has 0 saturated carbocycles. The van der Waals surface area contributed by atoms with Crippen LogP contribution < -0.4 is 5.73 Å². The number of piperidine rings is 1. The van der Waals surface area contributed by atoms with Crippen LogP contribution in [-0.4, -0.2) is 40.0 Å². The highest BCUT2D eigenvalue weighted by atomic mass is 127. The summed E-state index contributed by atoms with van der Waals surface area (Å²) in [5.41, 5.74) is 6.03. The first-order valence-corrected chi connectivity index (χ1v) is 6.76. The Morgan fingerprint density at radius 1 is 1.53 bits per heavy atom. The van der Waals surface area contributed by atoms with Gasteiger partial charge in [0.2, 0.25) is 0 Å². The lowest BCUT2D eigenvalue weighted by Crippen LogP contribution is -2.43. The van der Waals surface area contributed by atoms with Gasteiger partial charge in [-0.05, 0) is 25.2 Å². The minimum absolute atomic E-state index is 0. The molecular formula is C13H24IN5. The van der Waals surface area contributed by atoms with E-state index in [-0.39, 0.29) is 24.0 Å². The molecule has 1 saturated heterocycles. The van der Waals surface area contributed by atoms with Crippen LogP contribution in [0.3, 0.4) is 0 Å². The van der Waals surface area contributed by atoms with E-state index >= 15 is 0 Å². The molecule has 1 aliphatic heterocycles. The standard InChI is InChI=1S/C13H23N5.HI/c1-12-4-2-8-18(10-12)13(14)16-5-3-7-17-9-6-15-11-17;/h6,9,11-12H,2-5,7-8,10H2,1H3,(H2,14,16);1H. The van der Waals surface area contributed by atoms with Crippen molar-refractivity contribution in [3.05, 3.63) is 18.7 Å². The fourth-order valence-corrected chi connectivity index (χ4v) is 2.36. The van der Waals surface area contributed by atoms with Gasteiger partial charge in [-0.2, -0.15) is 0 Å². The van der Waals surface area contributed by atoms with E-state index in [0.717, 1.165) is 38.5 Å². The summed E-state index contributed by atoms with van der Waals surface area (Å²) in [6.45, 7) is 6.12. The molecule has 0 bridgehead atoms. The third kappa shape index (κ3) is 5.38. The van der Waals surface area contributed by atoms with Gasteiger partial charge in [0.15, 0.2) is 5.96 Å². The lowest BCUT2D eigenvalue weighted by atomic mass is 10.0. The molecule has 0 aromatic carbocycles. The molecule has 2 rings (SSSR count). The van der Waals surface area contributed by atoms with Crippen LogP contribution in [0.25, 0.3) is 0 Å². The molecule has 1 atom stereocenters. The van der Waals surface area contributed by atoms with Crippen LogP contribution in [-0.2, 0) is 6.54 Å². The molecular weight excluding hydrogens is 353 g/mol. The molecule has 2 heterocycles. The van der Waals surface area contributed by atoms with Gasteiger partial charge in [-0.25, -0.2) is 4.98 Å². The summed E-state index contributed by atoms with van der Waals surface area (Å²) in [6, 6.07) is 0. The fraction of sp³-hybridized carbons (Fsp3) is 0.692. The summed E-state index contributed by atoms with van der Waals surface area (Å²) in [4.78, 5) is 10.7. The first kappa shape index (κ1) is 16.3. The second-order valence-electron chi connectivity index (χ2n) is 5.09. The molecule has 2 N–H and O–H groups in total. The Morgan fingerprint density at radius 2 is 2.37 bits per heavy atom. The minimum atomic E-state index is 0. The Morgan fingerprint density at radius 3 is 3.05 bits per heavy atom. The van der Waals surface area contributed by atoms with E-state index in [0.29, 0.717) is 5.96 Å². The van der Waals surface area contributed by atoms with Crippen molar-refractivity contribution in [1.29, 1.82) is 0 Å². The van der Waals surface area contributed by atoms with Crippen molar-refractivity contribution in [3.8, 4) is 0 Å². The molecule has 0 spiro atoms. The Kier molecular flexibility index (Phi) is 7.19. The van der Waals surface area contributed by atoms with Gasteiger partial charge in [-0.3, -0.25) is 4.99 Å². The topological polar surface area (TPSA) is 59.4 Å². The molecule has 0 amide bonds. The molecule has 108 valence electrons. The average molecular weight is 377 g/mol. The van der Waals surface area contributed by atoms with Crippen LogP contribution in [0, 0.1) is 5.92 Å². The number of likely N-dealkylation sites (tertiary alicyclic amines) is 1. The molecule has 1 aromatic rings. The smallest absolute Gasteiger partial charge is 0.191 e. The van der Waals surface area contributed by atoms with Gasteiger partial charge < -0.3 is 15.2 Å². The predicted octanol–water partition coefficient (Wildman–Crippen LogP) is 1.94. The number of imidazole rings is 1. The van der Waals surface area contributed by atoms with Crippen molar-refractivity contribution in [2.24, 2.45) is 16.6 Å². The zero-order valence-electron chi connectivity index (χ0n) is 11.5.